The Hall–Kier alpha value is -5.13. The van der Waals surface area contributed by atoms with Crippen LogP contribution >= 0.6 is 0 Å². The normalized spacial score (nSPS) is 13.2. The molecule has 5 heteroatoms. The molecule has 0 saturated carbocycles. The van der Waals surface area contributed by atoms with Gasteiger partial charge in [0.15, 0.2) is 5.82 Å². The molecule has 4 nitrogen and oxygen atoms in total. The first-order valence-corrected chi connectivity index (χ1v) is 17.3. The van der Waals surface area contributed by atoms with E-state index in [1.165, 1.54) is 15.9 Å². The van der Waals surface area contributed by atoms with Crippen molar-refractivity contribution in [2.45, 2.75) is 13.1 Å². The van der Waals surface area contributed by atoms with Crippen LogP contribution in [0.15, 0.2) is 133 Å². The Kier molecular flexibility index (Phi) is 5.56. The predicted molar refractivity (Wildman–Crippen MR) is 175 cm³/mol. The van der Waals surface area contributed by atoms with Crippen LogP contribution in [-0.2, 0) is 0 Å². The van der Waals surface area contributed by atoms with Gasteiger partial charge in [0.25, 0.3) is 0 Å². The van der Waals surface area contributed by atoms with Crippen molar-refractivity contribution >= 4 is 29.5 Å². The van der Waals surface area contributed by atoms with Crippen molar-refractivity contribution in [1.82, 2.24) is 19.5 Å². The van der Waals surface area contributed by atoms with Gasteiger partial charge in [0.2, 0.25) is 0 Å². The van der Waals surface area contributed by atoms with E-state index in [1.807, 2.05) is 12.1 Å². The Morgan fingerprint density at radius 2 is 1.19 bits per heavy atom. The number of nitrogens with zero attached hydrogens (tertiary/aromatic N) is 4. The summed E-state index contributed by atoms with van der Waals surface area (Å²) in [5.74, 6) is 1.63. The highest BCUT2D eigenvalue weighted by Crippen LogP contribution is 2.35. The van der Waals surface area contributed by atoms with E-state index in [0.29, 0.717) is 0 Å². The molecule has 42 heavy (non-hydrogen) atoms. The fourth-order valence-electron chi connectivity index (χ4n) is 6.41. The molecule has 0 aliphatic carbocycles. The third-order valence-corrected chi connectivity index (χ3v) is 11.9. The van der Waals surface area contributed by atoms with Gasteiger partial charge in [0.05, 0.1) is 22.4 Å². The van der Waals surface area contributed by atoms with Gasteiger partial charge >= 0.3 is 0 Å². The highest BCUT2D eigenvalue weighted by atomic mass is 28.3. The molecule has 1 aliphatic rings. The Balaban J connectivity index is 1.35. The Morgan fingerprint density at radius 3 is 2.02 bits per heavy atom. The Labute approximate surface area is 246 Å². The van der Waals surface area contributed by atoms with Crippen LogP contribution in [0.4, 0.5) is 0 Å². The van der Waals surface area contributed by atoms with Crippen molar-refractivity contribution in [3.63, 3.8) is 0 Å². The molecule has 0 spiro atoms. The number of hydrogen-bond acceptors (Lipinski definition) is 3. The van der Waals surface area contributed by atoms with Crippen LogP contribution in [0.25, 0.3) is 62.0 Å². The second kappa shape index (κ2) is 9.47. The fraction of sp³-hybridized carbons (Fsp3) is 0.0541. The fourth-order valence-corrected chi connectivity index (χ4v) is 9.64. The van der Waals surface area contributed by atoms with Crippen molar-refractivity contribution in [3.8, 4) is 51.0 Å². The van der Waals surface area contributed by atoms with Gasteiger partial charge in [-0.05, 0) is 46.3 Å². The van der Waals surface area contributed by atoms with E-state index in [9.17, 15) is 0 Å². The molecule has 0 saturated heterocycles. The lowest BCUT2D eigenvalue weighted by atomic mass is 10.1. The molecular weight excluding hydrogens is 529 g/mol. The second-order valence-electron chi connectivity index (χ2n) is 11.3. The molecule has 0 radical (unpaired) electrons. The van der Waals surface area contributed by atoms with Crippen LogP contribution in [0.5, 0.6) is 0 Å². The molecule has 0 fully saturated rings. The van der Waals surface area contributed by atoms with Gasteiger partial charge < -0.3 is 0 Å². The van der Waals surface area contributed by atoms with E-state index in [0.717, 1.165) is 56.4 Å². The topological polar surface area (TPSA) is 43.6 Å². The zero-order valence-corrected chi connectivity index (χ0v) is 24.5. The van der Waals surface area contributed by atoms with Crippen molar-refractivity contribution in [2.75, 3.05) is 0 Å². The number of para-hydroxylation sites is 3. The van der Waals surface area contributed by atoms with Gasteiger partial charge in [-0.25, -0.2) is 15.0 Å². The molecule has 0 bridgehead atoms. The van der Waals surface area contributed by atoms with E-state index >= 15 is 0 Å². The summed E-state index contributed by atoms with van der Waals surface area (Å²) in [4.78, 5) is 15.7. The molecule has 0 N–H and O–H groups in total. The minimum absolute atomic E-state index is 0.735. The first-order chi connectivity index (χ1) is 20.6. The van der Waals surface area contributed by atoms with E-state index in [1.54, 1.807) is 0 Å². The molecule has 3 heterocycles. The van der Waals surface area contributed by atoms with Gasteiger partial charge in [0.1, 0.15) is 13.9 Å². The summed E-state index contributed by atoms with van der Waals surface area (Å²) in [6, 6.07) is 46.6. The Morgan fingerprint density at radius 1 is 0.548 bits per heavy atom. The quantitative estimate of drug-likeness (QED) is 0.210. The van der Waals surface area contributed by atoms with Crippen molar-refractivity contribution in [2.24, 2.45) is 0 Å². The molecular formula is C37H28N4Si. The number of rotatable bonds is 4. The molecule has 5 aromatic carbocycles. The first kappa shape index (κ1) is 24.6. The van der Waals surface area contributed by atoms with Gasteiger partial charge in [-0.15, -0.1) is 0 Å². The molecule has 8 rings (SSSR count). The van der Waals surface area contributed by atoms with Crippen LogP contribution in [0.1, 0.15) is 0 Å². The van der Waals surface area contributed by atoms with Crippen LogP contribution in [0, 0.1) is 0 Å². The summed E-state index contributed by atoms with van der Waals surface area (Å²) in [6.45, 7) is 4.84. The predicted octanol–water partition coefficient (Wildman–Crippen LogP) is 7.62. The van der Waals surface area contributed by atoms with Gasteiger partial charge in [0, 0.05) is 22.4 Å². The summed E-state index contributed by atoms with van der Waals surface area (Å²) in [5, 5.41) is 2.75. The maximum atomic E-state index is 5.32. The first-order valence-electron chi connectivity index (χ1n) is 14.3. The average molecular weight is 557 g/mol. The van der Waals surface area contributed by atoms with E-state index in [2.05, 4.69) is 139 Å². The van der Waals surface area contributed by atoms with E-state index in [4.69, 9.17) is 15.0 Å². The van der Waals surface area contributed by atoms with Crippen LogP contribution in [-0.4, -0.2) is 27.6 Å². The smallest absolute Gasteiger partial charge is 0.160 e. The highest BCUT2D eigenvalue weighted by molar-refractivity contribution is 7.04. The highest BCUT2D eigenvalue weighted by Gasteiger charge is 2.41. The van der Waals surface area contributed by atoms with Crippen molar-refractivity contribution < 1.29 is 0 Å². The summed E-state index contributed by atoms with van der Waals surface area (Å²) < 4.78 is 2.23. The monoisotopic (exact) mass is 556 g/mol. The largest absolute Gasteiger partial charge is 0.292 e. The Bertz CT molecular complexity index is 2110. The third-order valence-electron chi connectivity index (χ3n) is 8.39. The average Bonchev–Trinajstić information content (AvgIpc) is 3.55. The second-order valence-corrected chi connectivity index (χ2v) is 15.6. The minimum atomic E-state index is -2.00. The molecule has 0 amide bonds. The van der Waals surface area contributed by atoms with Crippen molar-refractivity contribution in [3.05, 3.63) is 133 Å². The van der Waals surface area contributed by atoms with Gasteiger partial charge in [-0.1, -0.05) is 116 Å². The number of imidazole rings is 1. The molecule has 7 aromatic rings. The minimum Gasteiger partial charge on any atom is -0.292 e. The van der Waals surface area contributed by atoms with Crippen LogP contribution in [0.3, 0.4) is 0 Å². The third kappa shape index (κ3) is 3.78. The zero-order valence-electron chi connectivity index (χ0n) is 23.5. The molecule has 2 aromatic heterocycles. The zero-order chi connectivity index (χ0) is 28.3. The lowest BCUT2D eigenvalue weighted by Crippen LogP contribution is -2.50. The van der Waals surface area contributed by atoms with E-state index in [-0.39, 0.29) is 0 Å². The molecule has 0 unspecified atom stereocenters. The van der Waals surface area contributed by atoms with Crippen molar-refractivity contribution in [1.29, 1.82) is 0 Å². The van der Waals surface area contributed by atoms with Crippen LogP contribution < -0.4 is 10.4 Å². The number of benzene rings is 5. The maximum Gasteiger partial charge on any atom is 0.160 e. The lowest BCUT2D eigenvalue weighted by molar-refractivity contribution is 1.10. The van der Waals surface area contributed by atoms with E-state index < -0.39 is 8.07 Å². The summed E-state index contributed by atoms with van der Waals surface area (Å²) in [5.41, 5.74) is 9.61. The van der Waals surface area contributed by atoms with Crippen LogP contribution in [0.2, 0.25) is 13.1 Å². The standard InChI is InChI=1S/C37H28N4Si/c1-42(2)32-23-12-9-20-29(32)34-35(42)33(25-14-5-3-6-15-25)39-36(40-34)26-16-13-17-27(24-26)37-38-30-21-10-11-22-31(30)41(37)28-18-7-4-8-19-28/h3-24H,1-2H3. The number of aromatic nitrogens is 4. The van der Waals surface area contributed by atoms with Gasteiger partial charge in [-0.3, -0.25) is 4.57 Å². The number of hydrogen-bond donors (Lipinski definition) is 0. The summed E-state index contributed by atoms with van der Waals surface area (Å²) >= 11 is 0. The molecule has 200 valence electrons. The SMILES string of the molecule is C[Si]1(C)c2ccccc2-c2nc(-c3cccc(-c4nc5ccccc5n4-c4ccccc4)c3)nc(-c3ccccc3)c21. The molecule has 0 atom stereocenters. The lowest BCUT2D eigenvalue weighted by Gasteiger charge is -2.21. The summed E-state index contributed by atoms with van der Waals surface area (Å²) in [6.07, 6.45) is 0. The summed E-state index contributed by atoms with van der Waals surface area (Å²) in [7, 11) is -2.00. The van der Waals surface area contributed by atoms with Gasteiger partial charge in [-0.2, -0.15) is 0 Å². The maximum absolute atomic E-state index is 5.32. The number of fused-ring (bicyclic) bond motifs is 4. The molecule has 1 aliphatic heterocycles.